The summed E-state index contributed by atoms with van der Waals surface area (Å²) >= 11 is 0. The van der Waals surface area contributed by atoms with E-state index in [4.69, 9.17) is 9.47 Å². The Hall–Kier alpha value is -3.75. The van der Waals surface area contributed by atoms with Crippen molar-refractivity contribution in [3.8, 4) is 0 Å². The van der Waals surface area contributed by atoms with Gasteiger partial charge in [0, 0.05) is 25.3 Å². The molecule has 2 amide bonds. The molecule has 9 nitrogen and oxygen atoms in total. The molecule has 0 radical (unpaired) electrons. The Morgan fingerprint density at radius 2 is 1.56 bits per heavy atom. The number of carbonyl (C=O) groups excluding carboxylic acids is 3. The maximum Gasteiger partial charge on any atom is 0.418 e. The third-order valence-electron chi connectivity index (χ3n) is 5.03. The molecule has 0 heterocycles. The molecule has 0 saturated heterocycles. The molecule has 0 unspecified atom stereocenters. The van der Waals surface area contributed by atoms with Crippen LogP contribution < -0.4 is 4.90 Å². The number of amides is 2. The minimum Gasteiger partial charge on any atom is -0.467 e. The number of ether oxygens (including phenoxy) is 2. The number of rotatable bonds is 8. The molecule has 0 aliphatic rings. The van der Waals surface area contributed by atoms with Crippen LogP contribution in [-0.2, 0) is 14.3 Å². The van der Waals surface area contributed by atoms with Gasteiger partial charge in [-0.3, -0.25) is 4.79 Å². The standard InChI is InChI=1S/C27H36N4O5/c1-18(2)16-23(25(33)35-8)31(26(34)36-27(3,4)5)24(32)19-10-9-11-21(17-19)29-28-20-12-14-22(15-13-20)30(6)7/h9-15,17-18,23H,16H2,1-8H3/t23-/m0/s1. The number of nitrogens with zero attached hydrogens (tertiary/aromatic N) is 4. The molecule has 0 aromatic heterocycles. The quantitative estimate of drug-likeness (QED) is 0.322. The highest BCUT2D eigenvalue weighted by atomic mass is 16.6. The molecule has 1 atom stereocenters. The largest absolute Gasteiger partial charge is 0.467 e. The van der Waals surface area contributed by atoms with E-state index in [2.05, 4.69) is 10.2 Å². The first kappa shape index (κ1) is 28.5. The van der Waals surface area contributed by atoms with Crippen LogP contribution in [-0.4, -0.2) is 55.7 Å². The van der Waals surface area contributed by atoms with Crippen molar-refractivity contribution in [2.45, 2.75) is 52.7 Å². The van der Waals surface area contributed by atoms with E-state index in [1.807, 2.05) is 57.1 Å². The third kappa shape index (κ3) is 8.18. The zero-order valence-electron chi connectivity index (χ0n) is 22.3. The second kappa shape index (κ2) is 12.3. The topological polar surface area (TPSA) is 101 Å². The zero-order valence-corrected chi connectivity index (χ0v) is 22.3. The summed E-state index contributed by atoms with van der Waals surface area (Å²) in [5, 5.41) is 8.47. The monoisotopic (exact) mass is 496 g/mol. The summed E-state index contributed by atoms with van der Waals surface area (Å²) in [6.07, 6.45) is -0.698. The maximum atomic E-state index is 13.6. The van der Waals surface area contributed by atoms with Gasteiger partial charge < -0.3 is 14.4 Å². The van der Waals surface area contributed by atoms with Gasteiger partial charge in [0.1, 0.15) is 11.6 Å². The maximum absolute atomic E-state index is 13.6. The van der Waals surface area contributed by atoms with Crippen molar-refractivity contribution in [2.75, 3.05) is 26.1 Å². The lowest BCUT2D eigenvalue weighted by atomic mass is 10.0. The Bertz CT molecular complexity index is 1090. The van der Waals surface area contributed by atoms with Gasteiger partial charge in [0.2, 0.25) is 0 Å². The molecule has 194 valence electrons. The summed E-state index contributed by atoms with van der Waals surface area (Å²) in [6.45, 7) is 8.85. The fraction of sp³-hybridized carbons (Fsp3) is 0.444. The summed E-state index contributed by atoms with van der Waals surface area (Å²) in [5.41, 5.74) is 1.39. The number of anilines is 1. The van der Waals surface area contributed by atoms with Crippen LogP contribution in [0, 0.1) is 5.92 Å². The van der Waals surface area contributed by atoms with Gasteiger partial charge in [-0.15, -0.1) is 0 Å². The van der Waals surface area contributed by atoms with E-state index in [0.29, 0.717) is 11.4 Å². The number of imide groups is 1. The smallest absolute Gasteiger partial charge is 0.418 e. The van der Waals surface area contributed by atoms with Crippen molar-refractivity contribution >= 4 is 35.0 Å². The second-order valence-corrected chi connectivity index (χ2v) is 9.99. The van der Waals surface area contributed by atoms with Gasteiger partial charge in [0.05, 0.1) is 18.5 Å². The Kier molecular flexibility index (Phi) is 9.72. The first-order valence-corrected chi connectivity index (χ1v) is 11.8. The second-order valence-electron chi connectivity index (χ2n) is 9.99. The van der Waals surface area contributed by atoms with Crippen molar-refractivity contribution in [1.29, 1.82) is 0 Å². The van der Waals surface area contributed by atoms with E-state index >= 15 is 0 Å². The van der Waals surface area contributed by atoms with Gasteiger partial charge in [-0.2, -0.15) is 10.2 Å². The Morgan fingerprint density at radius 1 is 0.944 bits per heavy atom. The number of azo groups is 1. The van der Waals surface area contributed by atoms with Gasteiger partial charge in [-0.25, -0.2) is 14.5 Å². The molecular formula is C27H36N4O5. The molecule has 0 spiro atoms. The van der Waals surface area contributed by atoms with E-state index in [9.17, 15) is 14.4 Å². The molecule has 9 heteroatoms. The van der Waals surface area contributed by atoms with E-state index in [-0.39, 0.29) is 17.9 Å². The summed E-state index contributed by atoms with van der Waals surface area (Å²) in [6, 6.07) is 12.8. The van der Waals surface area contributed by atoms with E-state index < -0.39 is 29.6 Å². The van der Waals surface area contributed by atoms with Crippen LogP contribution in [0.4, 0.5) is 21.9 Å². The van der Waals surface area contributed by atoms with Crippen LogP contribution in [0.3, 0.4) is 0 Å². The lowest BCUT2D eigenvalue weighted by Crippen LogP contribution is -2.51. The number of esters is 1. The predicted octanol–water partition coefficient (Wildman–Crippen LogP) is 6.13. The molecule has 0 N–H and O–H groups in total. The SMILES string of the molecule is COC(=O)[C@H](CC(C)C)N(C(=O)OC(C)(C)C)C(=O)c1cccc(N=Nc2ccc(N(C)C)cc2)c1. The highest BCUT2D eigenvalue weighted by Crippen LogP contribution is 2.25. The first-order valence-electron chi connectivity index (χ1n) is 11.8. The van der Waals surface area contributed by atoms with Gasteiger partial charge in [-0.1, -0.05) is 19.9 Å². The fourth-order valence-corrected chi connectivity index (χ4v) is 3.33. The summed E-state index contributed by atoms with van der Waals surface area (Å²) in [5.74, 6) is -1.38. The molecule has 0 aliphatic carbocycles. The van der Waals surface area contributed by atoms with E-state index in [0.717, 1.165) is 10.6 Å². The minimum absolute atomic E-state index is 0.00542. The minimum atomic E-state index is -1.14. The number of carbonyl (C=O) groups is 3. The fourth-order valence-electron chi connectivity index (χ4n) is 3.33. The van der Waals surface area contributed by atoms with Gasteiger partial charge in [-0.05, 0) is 75.6 Å². The predicted molar refractivity (Wildman–Crippen MR) is 139 cm³/mol. The molecule has 0 fully saturated rings. The van der Waals surface area contributed by atoms with Crippen LogP contribution in [0.5, 0.6) is 0 Å². The summed E-state index contributed by atoms with van der Waals surface area (Å²) in [4.78, 5) is 42.1. The Morgan fingerprint density at radius 3 is 2.08 bits per heavy atom. The average Bonchev–Trinajstić information content (AvgIpc) is 2.80. The van der Waals surface area contributed by atoms with Crippen LogP contribution in [0.25, 0.3) is 0 Å². The number of benzene rings is 2. The highest BCUT2D eigenvalue weighted by molar-refractivity contribution is 6.06. The van der Waals surface area contributed by atoms with E-state index in [1.165, 1.54) is 13.2 Å². The molecule has 2 rings (SSSR count). The average molecular weight is 497 g/mol. The normalized spacial score (nSPS) is 12.4. The number of hydrogen-bond donors (Lipinski definition) is 0. The number of methoxy groups -OCH3 is 1. The molecular weight excluding hydrogens is 460 g/mol. The van der Waals surface area contributed by atoms with Crippen LogP contribution in [0.15, 0.2) is 58.8 Å². The Balaban J connectivity index is 2.40. The van der Waals surface area contributed by atoms with Crippen molar-refractivity contribution in [3.63, 3.8) is 0 Å². The first-order chi connectivity index (χ1) is 16.8. The van der Waals surface area contributed by atoms with Crippen molar-refractivity contribution in [3.05, 3.63) is 54.1 Å². The molecule has 2 aromatic rings. The molecule has 0 saturated carbocycles. The van der Waals surface area contributed by atoms with Crippen LogP contribution in [0.1, 0.15) is 51.4 Å². The summed E-state index contributed by atoms with van der Waals surface area (Å²) in [7, 11) is 5.12. The Labute approximate surface area is 213 Å². The number of hydrogen-bond acceptors (Lipinski definition) is 8. The summed E-state index contributed by atoms with van der Waals surface area (Å²) < 4.78 is 10.4. The van der Waals surface area contributed by atoms with Gasteiger partial charge in [0.25, 0.3) is 5.91 Å². The molecule has 0 aliphatic heterocycles. The van der Waals surface area contributed by atoms with Crippen molar-refractivity contribution in [2.24, 2.45) is 16.1 Å². The third-order valence-corrected chi connectivity index (χ3v) is 5.03. The molecule has 36 heavy (non-hydrogen) atoms. The highest BCUT2D eigenvalue weighted by Gasteiger charge is 2.39. The molecule has 2 aromatic carbocycles. The van der Waals surface area contributed by atoms with Crippen LogP contribution in [0.2, 0.25) is 0 Å². The van der Waals surface area contributed by atoms with E-state index in [1.54, 1.807) is 39.0 Å². The van der Waals surface area contributed by atoms with Crippen molar-refractivity contribution < 1.29 is 23.9 Å². The van der Waals surface area contributed by atoms with Gasteiger partial charge >= 0.3 is 12.1 Å². The zero-order chi connectivity index (χ0) is 27.0. The van der Waals surface area contributed by atoms with Crippen LogP contribution >= 0.6 is 0 Å². The molecule has 0 bridgehead atoms. The lowest BCUT2D eigenvalue weighted by Gasteiger charge is -2.31. The van der Waals surface area contributed by atoms with Crippen molar-refractivity contribution in [1.82, 2.24) is 4.90 Å². The lowest BCUT2D eigenvalue weighted by molar-refractivity contribution is -0.146. The van der Waals surface area contributed by atoms with Gasteiger partial charge in [0.15, 0.2) is 0 Å².